The lowest BCUT2D eigenvalue weighted by molar-refractivity contribution is -0.138. The van der Waals surface area contributed by atoms with Crippen LogP contribution in [0.2, 0.25) is 0 Å². The van der Waals surface area contributed by atoms with Crippen molar-refractivity contribution in [3.63, 3.8) is 0 Å². The van der Waals surface area contributed by atoms with Crippen molar-refractivity contribution in [3.8, 4) is 0 Å². The number of amides is 2. The number of ether oxygens (including phenoxy) is 1. The van der Waals surface area contributed by atoms with Crippen LogP contribution in [0.25, 0.3) is 6.08 Å². The van der Waals surface area contributed by atoms with Gasteiger partial charge in [-0.3, -0.25) is 14.4 Å². The smallest absolute Gasteiger partial charge is 0.251 e. The van der Waals surface area contributed by atoms with Crippen molar-refractivity contribution in [2.45, 2.75) is 43.9 Å². The van der Waals surface area contributed by atoms with E-state index in [1.54, 1.807) is 23.1 Å². The maximum atomic E-state index is 13.2. The Bertz CT molecular complexity index is 769. The fourth-order valence-electron chi connectivity index (χ4n) is 3.96. The van der Waals surface area contributed by atoms with E-state index in [2.05, 4.69) is 11.9 Å². The Kier molecular flexibility index (Phi) is 4.83. The van der Waals surface area contributed by atoms with Crippen molar-refractivity contribution in [2.75, 3.05) is 13.2 Å². The third kappa shape index (κ3) is 3.67. The highest BCUT2D eigenvalue weighted by Crippen LogP contribution is 2.35. The molecule has 1 aromatic carbocycles. The topological polar surface area (TPSA) is 75.7 Å². The highest BCUT2D eigenvalue weighted by molar-refractivity contribution is 5.99. The van der Waals surface area contributed by atoms with Crippen molar-refractivity contribution >= 4 is 23.7 Å². The zero-order chi connectivity index (χ0) is 19.0. The molecule has 0 radical (unpaired) electrons. The van der Waals surface area contributed by atoms with E-state index in [0.29, 0.717) is 30.9 Å². The lowest BCUT2D eigenvalue weighted by atomic mass is 10.1. The maximum Gasteiger partial charge on any atom is 0.251 e. The van der Waals surface area contributed by atoms with Crippen molar-refractivity contribution in [1.82, 2.24) is 10.2 Å². The van der Waals surface area contributed by atoms with E-state index in [4.69, 9.17) is 4.74 Å². The number of rotatable bonds is 6. The Morgan fingerprint density at radius 1 is 1.26 bits per heavy atom. The number of ketones is 1. The second kappa shape index (κ2) is 7.27. The summed E-state index contributed by atoms with van der Waals surface area (Å²) in [6, 6.07) is 6.01. The summed E-state index contributed by atoms with van der Waals surface area (Å²) in [4.78, 5) is 39.6. The number of hydrogen-bond acceptors (Lipinski definition) is 4. The molecule has 4 rings (SSSR count). The molecule has 27 heavy (non-hydrogen) atoms. The number of nitrogens with zero attached hydrogens (tertiary/aromatic N) is 1. The van der Waals surface area contributed by atoms with Gasteiger partial charge in [0.2, 0.25) is 5.91 Å². The monoisotopic (exact) mass is 368 g/mol. The van der Waals surface area contributed by atoms with Gasteiger partial charge >= 0.3 is 0 Å². The fourth-order valence-corrected chi connectivity index (χ4v) is 3.96. The predicted molar refractivity (Wildman–Crippen MR) is 100.0 cm³/mol. The van der Waals surface area contributed by atoms with Gasteiger partial charge in [0, 0.05) is 12.1 Å². The number of benzene rings is 1. The molecule has 3 unspecified atom stereocenters. The fraction of sp³-hybridized carbons (Fsp3) is 0.476. The van der Waals surface area contributed by atoms with Gasteiger partial charge in [-0.25, -0.2) is 0 Å². The molecule has 3 fully saturated rings. The van der Waals surface area contributed by atoms with Gasteiger partial charge in [-0.2, -0.15) is 0 Å². The predicted octanol–water partition coefficient (Wildman–Crippen LogP) is 1.80. The van der Waals surface area contributed by atoms with Gasteiger partial charge in [0.05, 0.1) is 6.10 Å². The number of likely N-dealkylation sites (tertiary alicyclic amines) is 1. The zero-order valence-electron chi connectivity index (χ0n) is 15.2. The minimum Gasteiger partial charge on any atom is -0.368 e. The Morgan fingerprint density at radius 2 is 2.00 bits per heavy atom. The lowest BCUT2D eigenvalue weighted by Gasteiger charge is -2.27. The molecular weight excluding hydrogens is 344 g/mol. The van der Waals surface area contributed by atoms with Gasteiger partial charge in [-0.05, 0) is 36.5 Å². The number of fused-ring (bicyclic) bond motifs is 1. The van der Waals surface area contributed by atoms with E-state index < -0.39 is 12.1 Å². The molecule has 2 heterocycles. The van der Waals surface area contributed by atoms with Crippen molar-refractivity contribution in [3.05, 3.63) is 42.0 Å². The zero-order valence-corrected chi connectivity index (χ0v) is 15.2. The van der Waals surface area contributed by atoms with E-state index in [0.717, 1.165) is 18.4 Å². The first-order valence-electron chi connectivity index (χ1n) is 9.55. The molecule has 6 nitrogen and oxygen atoms in total. The molecule has 3 aliphatic rings. The maximum absolute atomic E-state index is 13.2. The Labute approximate surface area is 158 Å². The molecule has 1 aromatic rings. The quantitative estimate of drug-likeness (QED) is 0.831. The lowest BCUT2D eigenvalue weighted by Crippen LogP contribution is -2.52. The molecule has 1 aliphatic carbocycles. The standard InChI is InChI=1S/C21H24N2O4/c1-2-13-5-7-15(8-6-13)20(25)22-16(11-14-3-4-14)21(26)23-10-9-18-19(23)17(24)12-27-18/h2,5-8,14,16,18-19H,1,3-4,9-12H2,(H,22,25). The van der Waals surface area contributed by atoms with E-state index in [1.165, 1.54) is 0 Å². The van der Waals surface area contributed by atoms with Crippen LogP contribution in [0.1, 0.15) is 41.6 Å². The summed E-state index contributed by atoms with van der Waals surface area (Å²) in [5, 5.41) is 2.91. The number of carbonyl (C=O) groups excluding carboxylic acids is 3. The molecule has 2 amide bonds. The molecule has 6 heteroatoms. The SMILES string of the molecule is C=Cc1ccc(C(=O)NC(CC2CC2)C(=O)N2CCC3OCC(=O)C32)cc1. The van der Waals surface area contributed by atoms with Crippen molar-refractivity contribution in [2.24, 2.45) is 5.92 Å². The van der Waals surface area contributed by atoms with Crippen LogP contribution in [-0.4, -0.2) is 53.8 Å². The summed E-state index contributed by atoms with van der Waals surface area (Å²) in [6.45, 7) is 4.29. The molecule has 3 atom stereocenters. The van der Waals surface area contributed by atoms with E-state index in [1.807, 2.05) is 12.1 Å². The van der Waals surface area contributed by atoms with Gasteiger partial charge in [0.15, 0.2) is 5.78 Å². The molecule has 1 saturated carbocycles. The summed E-state index contributed by atoms with van der Waals surface area (Å²) in [5.41, 5.74) is 1.44. The number of hydrogen-bond donors (Lipinski definition) is 1. The third-order valence-electron chi connectivity index (χ3n) is 5.67. The largest absolute Gasteiger partial charge is 0.368 e. The first-order valence-corrected chi connectivity index (χ1v) is 9.55. The van der Waals surface area contributed by atoms with Crippen LogP contribution in [0.4, 0.5) is 0 Å². The van der Waals surface area contributed by atoms with E-state index in [9.17, 15) is 14.4 Å². The van der Waals surface area contributed by atoms with E-state index in [-0.39, 0.29) is 30.3 Å². The summed E-state index contributed by atoms with van der Waals surface area (Å²) in [5.74, 6) is -0.00245. The second-order valence-corrected chi connectivity index (χ2v) is 7.61. The molecule has 0 aromatic heterocycles. The van der Waals surface area contributed by atoms with Crippen LogP contribution < -0.4 is 5.32 Å². The van der Waals surface area contributed by atoms with Gasteiger partial charge < -0.3 is 15.0 Å². The van der Waals surface area contributed by atoms with Crippen LogP contribution in [-0.2, 0) is 14.3 Å². The summed E-state index contributed by atoms with van der Waals surface area (Å²) >= 11 is 0. The van der Waals surface area contributed by atoms with E-state index >= 15 is 0 Å². The van der Waals surface area contributed by atoms with Crippen LogP contribution in [0.3, 0.4) is 0 Å². The molecular formula is C21H24N2O4. The van der Waals surface area contributed by atoms with Crippen LogP contribution in [0.5, 0.6) is 0 Å². The first-order chi connectivity index (χ1) is 13.1. The van der Waals surface area contributed by atoms with Gasteiger partial charge in [0.25, 0.3) is 5.91 Å². The molecule has 0 spiro atoms. The van der Waals surface area contributed by atoms with Crippen LogP contribution in [0, 0.1) is 5.92 Å². The van der Waals surface area contributed by atoms with Gasteiger partial charge in [0.1, 0.15) is 18.7 Å². The summed E-state index contributed by atoms with van der Waals surface area (Å²) in [6.07, 6.45) is 4.99. The Hall–Kier alpha value is -2.47. The molecule has 0 bridgehead atoms. The second-order valence-electron chi connectivity index (χ2n) is 7.61. The van der Waals surface area contributed by atoms with Crippen molar-refractivity contribution in [1.29, 1.82) is 0 Å². The number of nitrogens with one attached hydrogen (secondary N) is 1. The van der Waals surface area contributed by atoms with Crippen LogP contribution in [0.15, 0.2) is 30.8 Å². The molecule has 1 N–H and O–H groups in total. The summed E-state index contributed by atoms with van der Waals surface area (Å²) < 4.78 is 5.48. The third-order valence-corrected chi connectivity index (χ3v) is 5.67. The minimum atomic E-state index is -0.601. The molecule has 2 saturated heterocycles. The summed E-state index contributed by atoms with van der Waals surface area (Å²) in [7, 11) is 0. The highest BCUT2D eigenvalue weighted by atomic mass is 16.5. The van der Waals surface area contributed by atoms with Crippen molar-refractivity contribution < 1.29 is 19.1 Å². The highest BCUT2D eigenvalue weighted by Gasteiger charge is 2.48. The normalized spacial score (nSPS) is 25.2. The minimum absolute atomic E-state index is 0.0395. The van der Waals surface area contributed by atoms with Gasteiger partial charge in [-0.1, -0.05) is 37.6 Å². The average Bonchev–Trinajstić information content (AvgIpc) is 3.28. The molecule has 142 valence electrons. The Morgan fingerprint density at radius 3 is 2.67 bits per heavy atom. The van der Waals surface area contributed by atoms with Crippen LogP contribution >= 0.6 is 0 Å². The number of carbonyl (C=O) groups is 3. The molecule has 2 aliphatic heterocycles. The number of Topliss-reactive ketones (excluding diaryl/α,β-unsaturated/α-hetero) is 1. The Balaban J connectivity index is 1.48. The van der Waals surface area contributed by atoms with Gasteiger partial charge in [-0.15, -0.1) is 0 Å². The average molecular weight is 368 g/mol. The first kappa shape index (κ1) is 17.9.